The zero-order valence-corrected chi connectivity index (χ0v) is 22.0. The molecule has 0 amide bonds. The van der Waals surface area contributed by atoms with Crippen molar-refractivity contribution in [3.05, 3.63) is 113 Å². The van der Waals surface area contributed by atoms with E-state index in [1.807, 2.05) is 6.07 Å². The molecular formula is C35H38O. The second-order valence-corrected chi connectivity index (χ2v) is 10.8. The molecule has 1 nitrogen and oxygen atoms in total. The van der Waals surface area contributed by atoms with Crippen LogP contribution in [0.5, 0.6) is 5.75 Å². The monoisotopic (exact) mass is 474 g/mol. The van der Waals surface area contributed by atoms with Crippen LogP contribution in [-0.4, -0.2) is 5.11 Å². The molecule has 0 heterocycles. The molecule has 1 aliphatic rings. The number of hydrogen-bond donors (Lipinski definition) is 1. The van der Waals surface area contributed by atoms with E-state index in [4.69, 9.17) is 0 Å². The highest BCUT2D eigenvalue weighted by Gasteiger charge is 2.32. The minimum Gasteiger partial charge on any atom is -0.508 e. The molecule has 0 aliphatic heterocycles. The fraction of sp³-hybridized carbons (Fsp3) is 0.314. The summed E-state index contributed by atoms with van der Waals surface area (Å²) in [5.41, 5.74) is 11.3. The lowest BCUT2D eigenvalue weighted by molar-refractivity contribution is 0.453. The summed E-state index contributed by atoms with van der Waals surface area (Å²) in [5.74, 6) is 0.390. The summed E-state index contributed by atoms with van der Waals surface area (Å²) in [6.45, 7) is 6.78. The van der Waals surface area contributed by atoms with Crippen molar-refractivity contribution in [2.75, 3.05) is 0 Å². The molecule has 0 atom stereocenters. The Hall–Kier alpha value is -3.32. The minimum atomic E-state index is -0.340. The summed E-state index contributed by atoms with van der Waals surface area (Å²) in [6, 6.07) is 30.3. The third kappa shape index (κ3) is 4.48. The second kappa shape index (κ2) is 10.3. The highest BCUT2D eigenvalue weighted by molar-refractivity contribution is 5.88. The lowest BCUT2D eigenvalue weighted by Crippen LogP contribution is -2.21. The number of rotatable bonds is 9. The van der Waals surface area contributed by atoms with E-state index in [0.717, 1.165) is 18.4 Å². The first kappa shape index (κ1) is 24.4. The Labute approximate surface area is 216 Å². The van der Waals surface area contributed by atoms with E-state index in [1.165, 1.54) is 76.6 Å². The van der Waals surface area contributed by atoms with Gasteiger partial charge in [0.2, 0.25) is 0 Å². The van der Waals surface area contributed by atoms with Gasteiger partial charge in [-0.15, -0.1) is 0 Å². The van der Waals surface area contributed by atoms with Crippen LogP contribution >= 0.6 is 0 Å². The zero-order chi connectivity index (χ0) is 25.1. The van der Waals surface area contributed by atoms with Gasteiger partial charge in [0.1, 0.15) is 5.75 Å². The van der Waals surface area contributed by atoms with E-state index in [1.54, 1.807) is 0 Å². The van der Waals surface area contributed by atoms with Crippen LogP contribution in [0.2, 0.25) is 0 Å². The van der Waals surface area contributed by atoms with Crippen LogP contribution in [-0.2, 0) is 18.3 Å². The lowest BCUT2D eigenvalue weighted by Gasteiger charge is -2.31. The Morgan fingerprint density at radius 1 is 0.694 bits per heavy atom. The van der Waals surface area contributed by atoms with Crippen LogP contribution < -0.4 is 0 Å². The van der Waals surface area contributed by atoms with Gasteiger partial charge in [0.05, 0.1) is 0 Å². The summed E-state index contributed by atoms with van der Waals surface area (Å²) < 4.78 is 0. The van der Waals surface area contributed by atoms with Gasteiger partial charge in [-0.3, -0.25) is 0 Å². The number of unbranched alkanes of at least 4 members (excludes halogenated alkanes) is 4. The summed E-state index contributed by atoms with van der Waals surface area (Å²) in [5, 5.41) is 11.4. The third-order valence-electron chi connectivity index (χ3n) is 8.06. The molecule has 4 aromatic rings. The Bertz CT molecular complexity index is 1350. The smallest absolute Gasteiger partial charge is 0.120 e. The van der Waals surface area contributed by atoms with Crippen molar-refractivity contribution in [1.29, 1.82) is 0 Å². The first-order valence-corrected chi connectivity index (χ1v) is 13.6. The normalized spacial score (nSPS) is 12.4. The highest BCUT2D eigenvalue weighted by Crippen LogP contribution is 2.49. The maximum Gasteiger partial charge on any atom is 0.120 e. The van der Waals surface area contributed by atoms with Gasteiger partial charge in [-0.2, -0.15) is 0 Å². The van der Waals surface area contributed by atoms with Crippen molar-refractivity contribution in [2.45, 2.75) is 71.1 Å². The number of hydrogen-bond acceptors (Lipinski definition) is 1. The van der Waals surface area contributed by atoms with Gasteiger partial charge in [-0.25, -0.2) is 0 Å². The third-order valence-corrected chi connectivity index (χ3v) is 8.06. The fourth-order valence-electron chi connectivity index (χ4n) is 6.09. The van der Waals surface area contributed by atoms with E-state index in [0.29, 0.717) is 5.75 Å². The fourth-order valence-corrected chi connectivity index (χ4v) is 6.09. The van der Waals surface area contributed by atoms with Crippen molar-refractivity contribution in [1.82, 2.24) is 0 Å². The minimum absolute atomic E-state index is 0.340. The largest absolute Gasteiger partial charge is 0.508 e. The molecule has 0 bridgehead atoms. The quantitative estimate of drug-likeness (QED) is 0.211. The molecule has 5 rings (SSSR count). The van der Waals surface area contributed by atoms with E-state index >= 15 is 0 Å². The van der Waals surface area contributed by atoms with Crippen LogP contribution in [0.4, 0.5) is 0 Å². The molecule has 0 saturated heterocycles. The van der Waals surface area contributed by atoms with Gasteiger partial charge < -0.3 is 5.11 Å². The van der Waals surface area contributed by atoms with E-state index in [9.17, 15) is 5.11 Å². The van der Waals surface area contributed by atoms with Crippen molar-refractivity contribution < 1.29 is 5.11 Å². The molecule has 0 saturated carbocycles. The van der Waals surface area contributed by atoms with Gasteiger partial charge >= 0.3 is 0 Å². The van der Waals surface area contributed by atoms with Gasteiger partial charge in [0.15, 0.2) is 0 Å². The molecule has 0 fully saturated rings. The molecule has 36 heavy (non-hydrogen) atoms. The molecule has 184 valence electrons. The predicted octanol–water partition coefficient (Wildman–Crippen LogP) is 9.47. The summed E-state index contributed by atoms with van der Waals surface area (Å²) in [4.78, 5) is 0. The summed E-state index contributed by atoms with van der Waals surface area (Å²) in [6.07, 6.45) is 8.27. The number of phenols is 1. The molecule has 0 radical (unpaired) electrons. The molecular weight excluding hydrogens is 436 g/mol. The molecule has 0 aromatic heterocycles. The van der Waals surface area contributed by atoms with Gasteiger partial charge in [-0.05, 0) is 69.8 Å². The van der Waals surface area contributed by atoms with Crippen molar-refractivity contribution in [3.63, 3.8) is 0 Å². The zero-order valence-electron chi connectivity index (χ0n) is 22.0. The van der Waals surface area contributed by atoms with Gasteiger partial charge in [0, 0.05) is 11.0 Å². The van der Waals surface area contributed by atoms with Crippen LogP contribution in [0.1, 0.15) is 80.7 Å². The summed E-state index contributed by atoms with van der Waals surface area (Å²) >= 11 is 0. The standard InChI is InChI=1S/C35H38O/c1-4-5-6-7-9-15-25-22-23-32(36)34(35(2,3)27-17-10-8-11-18-27)33(25)30-21-14-20-29-28-19-13-12-16-26(28)24-31(29)30/h8,10-14,16-23,36H,4-7,9,15,24H2,1-3H3. The molecule has 0 spiro atoms. The van der Waals surface area contributed by atoms with Crippen LogP contribution in [0.15, 0.2) is 84.9 Å². The number of phenolic OH excluding ortho intramolecular Hbond substituents is 1. The Morgan fingerprint density at radius 2 is 1.39 bits per heavy atom. The SMILES string of the molecule is CCCCCCCc1ccc(O)c(C(C)(C)c2ccccc2)c1-c1cccc2c1Cc1ccccc1-2. The van der Waals surface area contributed by atoms with E-state index < -0.39 is 0 Å². The lowest BCUT2D eigenvalue weighted by atomic mass is 9.72. The Balaban J connectivity index is 1.69. The van der Waals surface area contributed by atoms with Gasteiger partial charge in [-0.1, -0.05) is 125 Å². The number of aromatic hydroxyl groups is 1. The van der Waals surface area contributed by atoms with Gasteiger partial charge in [0.25, 0.3) is 0 Å². The van der Waals surface area contributed by atoms with E-state index in [2.05, 4.69) is 99.6 Å². The molecule has 1 heteroatoms. The van der Waals surface area contributed by atoms with Crippen LogP contribution in [0, 0.1) is 0 Å². The van der Waals surface area contributed by atoms with Crippen molar-refractivity contribution >= 4 is 0 Å². The average molecular weight is 475 g/mol. The number of aryl methyl sites for hydroxylation is 1. The first-order chi connectivity index (χ1) is 17.5. The Morgan fingerprint density at radius 3 is 2.19 bits per heavy atom. The topological polar surface area (TPSA) is 20.2 Å². The molecule has 0 unspecified atom stereocenters. The number of fused-ring (bicyclic) bond motifs is 3. The van der Waals surface area contributed by atoms with E-state index in [-0.39, 0.29) is 5.41 Å². The maximum absolute atomic E-state index is 11.4. The maximum atomic E-state index is 11.4. The second-order valence-electron chi connectivity index (χ2n) is 10.8. The van der Waals surface area contributed by atoms with Crippen molar-refractivity contribution in [2.24, 2.45) is 0 Å². The predicted molar refractivity (Wildman–Crippen MR) is 153 cm³/mol. The van der Waals surface area contributed by atoms with Crippen molar-refractivity contribution in [3.8, 4) is 28.0 Å². The number of benzene rings is 4. The van der Waals surface area contributed by atoms with Crippen LogP contribution in [0.3, 0.4) is 0 Å². The average Bonchev–Trinajstić information content (AvgIpc) is 3.28. The first-order valence-electron chi connectivity index (χ1n) is 13.6. The molecule has 1 N–H and O–H groups in total. The molecule has 1 aliphatic carbocycles. The van der Waals surface area contributed by atoms with Crippen LogP contribution in [0.25, 0.3) is 22.3 Å². The molecule has 4 aromatic carbocycles. The highest BCUT2D eigenvalue weighted by atomic mass is 16.3. The Kier molecular flexibility index (Phi) is 7.01. The summed E-state index contributed by atoms with van der Waals surface area (Å²) in [7, 11) is 0.